The maximum absolute atomic E-state index is 13.8. The number of hydrogen-bond donors (Lipinski definition) is 1. The van der Waals surface area contributed by atoms with Crippen LogP contribution in [0.1, 0.15) is 51.4 Å². The van der Waals surface area contributed by atoms with Gasteiger partial charge in [0, 0.05) is 49.9 Å². The first-order chi connectivity index (χ1) is 17.2. The Morgan fingerprint density at radius 1 is 1.06 bits per heavy atom. The van der Waals surface area contributed by atoms with Crippen molar-refractivity contribution in [2.24, 2.45) is 17.8 Å². The van der Waals surface area contributed by atoms with E-state index >= 15 is 0 Å². The predicted octanol–water partition coefficient (Wildman–Crippen LogP) is 2.42. The van der Waals surface area contributed by atoms with Crippen molar-refractivity contribution in [3.63, 3.8) is 0 Å². The summed E-state index contributed by atoms with van der Waals surface area (Å²) < 4.78 is 5.80. The Morgan fingerprint density at radius 2 is 1.72 bits per heavy atom. The van der Waals surface area contributed by atoms with Gasteiger partial charge in [0.15, 0.2) is 5.78 Å². The number of nitrogens with one attached hydrogen (secondary N) is 1. The van der Waals surface area contributed by atoms with E-state index in [4.69, 9.17) is 4.74 Å². The number of Topliss-reactive ketones (excluding diaryl/α,β-unsaturated/α-hetero) is 1. The van der Waals surface area contributed by atoms with E-state index in [9.17, 15) is 14.4 Å². The molecule has 0 aromatic heterocycles. The lowest BCUT2D eigenvalue weighted by molar-refractivity contribution is -0.139. The van der Waals surface area contributed by atoms with E-state index < -0.39 is 12.1 Å². The van der Waals surface area contributed by atoms with Crippen molar-refractivity contribution in [1.29, 1.82) is 0 Å². The van der Waals surface area contributed by atoms with Crippen LogP contribution in [0.4, 0.5) is 5.69 Å². The van der Waals surface area contributed by atoms with Gasteiger partial charge < -0.3 is 24.8 Å². The smallest absolute Gasteiger partial charge is 0.251 e. The highest BCUT2D eigenvalue weighted by molar-refractivity contribution is 5.99. The van der Waals surface area contributed by atoms with Crippen LogP contribution in [-0.4, -0.2) is 91.5 Å². The second kappa shape index (κ2) is 11.3. The molecule has 198 valence electrons. The van der Waals surface area contributed by atoms with E-state index in [1.165, 1.54) is 0 Å². The summed E-state index contributed by atoms with van der Waals surface area (Å²) in [5, 5.41) is 3.01. The van der Waals surface area contributed by atoms with Crippen LogP contribution in [0.2, 0.25) is 0 Å². The predicted molar refractivity (Wildman–Crippen MR) is 140 cm³/mol. The fourth-order valence-electron chi connectivity index (χ4n) is 5.74. The minimum atomic E-state index is -0.690. The maximum Gasteiger partial charge on any atom is 0.251 e. The van der Waals surface area contributed by atoms with Crippen LogP contribution in [0.25, 0.3) is 0 Å². The molecule has 0 bridgehead atoms. The van der Waals surface area contributed by atoms with Gasteiger partial charge in [-0.1, -0.05) is 41.0 Å². The fourth-order valence-corrected chi connectivity index (χ4v) is 5.74. The summed E-state index contributed by atoms with van der Waals surface area (Å²) >= 11 is 0. The molecular weight excluding hydrogens is 456 g/mol. The molecule has 8 nitrogen and oxygen atoms in total. The van der Waals surface area contributed by atoms with Gasteiger partial charge in [-0.25, -0.2) is 0 Å². The van der Waals surface area contributed by atoms with Crippen LogP contribution < -0.4 is 10.2 Å². The molecule has 3 saturated heterocycles. The molecule has 0 radical (unpaired) electrons. The van der Waals surface area contributed by atoms with Crippen molar-refractivity contribution in [2.45, 2.75) is 59.2 Å². The molecule has 2 amide bonds. The van der Waals surface area contributed by atoms with Crippen molar-refractivity contribution in [2.75, 3.05) is 50.8 Å². The van der Waals surface area contributed by atoms with E-state index in [0.29, 0.717) is 18.0 Å². The van der Waals surface area contributed by atoms with E-state index in [1.807, 2.05) is 38.1 Å². The Morgan fingerprint density at radius 3 is 2.31 bits per heavy atom. The monoisotopic (exact) mass is 498 g/mol. The zero-order chi connectivity index (χ0) is 26.0. The number of fused-ring (bicyclic) bond motifs is 1. The van der Waals surface area contributed by atoms with Gasteiger partial charge >= 0.3 is 0 Å². The van der Waals surface area contributed by atoms with Gasteiger partial charge in [-0.15, -0.1) is 0 Å². The van der Waals surface area contributed by atoms with Crippen molar-refractivity contribution in [1.82, 2.24) is 15.1 Å². The lowest BCUT2D eigenvalue weighted by Crippen LogP contribution is -2.54. The van der Waals surface area contributed by atoms with E-state index in [1.54, 1.807) is 4.90 Å². The highest BCUT2D eigenvalue weighted by Gasteiger charge is 2.54. The number of carbonyl (C=O) groups excluding carboxylic acids is 3. The lowest BCUT2D eigenvalue weighted by atomic mass is 9.91. The third-order valence-electron chi connectivity index (χ3n) is 8.44. The van der Waals surface area contributed by atoms with Gasteiger partial charge in [0.1, 0.15) is 18.7 Å². The average molecular weight is 499 g/mol. The molecule has 1 aromatic carbocycles. The van der Waals surface area contributed by atoms with Gasteiger partial charge in [-0.05, 0) is 42.6 Å². The highest BCUT2D eigenvalue weighted by Crippen LogP contribution is 2.36. The van der Waals surface area contributed by atoms with Crippen molar-refractivity contribution >= 4 is 23.3 Å². The molecule has 3 fully saturated rings. The standard InChI is InChI=1S/C28H42N4O4/c1-6-19(5)24(28(35)32-16-22(18(3)4)26-25(32)23(33)17-36-26)29-27(34)20-8-10-21(11-9-20)31-14-12-30(7-2)13-15-31/h8-11,18-19,22,24-26H,6-7,12-17H2,1-5H3,(H,29,34)/t19-,22-,24-,25+,26+/m0/s1. The Hall–Kier alpha value is -2.45. The Balaban J connectivity index is 1.46. The normalized spacial score (nSPS) is 26.3. The number of ether oxygens (including phenoxy) is 1. The molecule has 0 saturated carbocycles. The largest absolute Gasteiger partial charge is 0.369 e. The third-order valence-corrected chi connectivity index (χ3v) is 8.44. The quantitative estimate of drug-likeness (QED) is 0.593. The van der Waals surface area contributed by atoms with Crippen LogP contribution in [0.5, 0.6) is 0 Å². The summed E-state index contributed by atoms with van der Waals surface area (Å²) in [6.45, 7) is 16.0. The molecular formula is C28H42N4O4. The van der Waals surface area contributed by atoms with Crippen molar-refractivity contribution in [3.05, 3.63) is 29.8 Å². The minimum absolute atomic E-state index is 0.0407. The van der Waals surface area contributed by atoms with Crippen LogP contribution in [-0.2, 0) is 14.3 Å². The summed E-state index contributed by atoms with van der Waals surface area (Å²) in [5.74, 6) is -0.140. The summed E-state index contributed by atoms with van der Waals surface area (Å²) in [6.07, 6.45) is 0.487. The molecule has 8 heteroatoms. The zero-order valence-electron chi connectivity index (χ0n) is 22.4. The number of anilines is 1. The van der Waals surface area contributed by atoms with E-state index in [0.717, 1.165) is 44.8 Å². The lowest BCUT2D eigenvalue weighted by Gasteiger charge is -2.35. The van der Waals surface area contributed by atoms with Crippen LogP contribution in [0, 0.1) is 17.8 Å². The Bertz CT molecular complexity index is 941. The first-order valence-corrected chi connectivity index (χ1v) is 13.6. The number of amides is 2. The molecule has 1 aromatic rings. The number of carbonyl (C=O) groups is 3. The van der Waals surface area contributed by atoms with Crippen molar-refractivity contribution in [3.8, 4) is 0 Å². The van der Waals surface area contributed by atoms with Crippen LogP contribution in [0.3, 0.4) is 0 Å². The molecule has 4 rings (SSSR count). The van der Waals surface area contributed by atoms with Gasteiger partial charge in [0.05, 0.1) is 6.10 Å². The topological polar surface area (TPSA) is 82.2 Å². The summed E-state index contributed by atoms with van der Waals surface area (Å²) in [5.41, 5.74) is 1.64. The van der Waals surface area contributed by atoms with Gasteiger partial charge in [0.2, 0.25) is 5.91 Å². The average Bonchev–Trinajstić information content (AvgIpc) is 3.47. The molecule has 0 aliphatic carbocycles. The second-order valence-corrected chi connectivity index (χ2v) is 10.9. The van der Waals surface area contributed by atoms with Crippen LogP contribution >= 0.6 is 0 Å². The molecule has 3 heterocycles. The highest BCUT2D eigenvalue weighted by atomic mass is 16.5. The minimum Gasteiger partial charge on any atom is -0.369 e. The number of piperazine rings is 1. The molecule has 3 aliphatic heterocycles. The molecule has 0 spiro atoms. The molecule has 1 N–H and O–H groups in total. The molecule has 0 unspecified atom stereocenters. The first-order valence-electron chi connectivity index (χ1n) is 13.6. The van der Waals surface area contributed by atoms with Gasteiger partial charge in [-0.3, -0.25) is 14.4 Å². The summed E-state index contributed by atoms with van der Waals surface area (Å²) in [4.78, 5) is 46.1. The Labute approximate surface area is 215 Å². The number of rotatable bonds is 8. The van der Waals surface area contributed by atoms with E-state index in [-0.39, 0.29) is 42.1 Å². The SMILES string of the molecule is CC[C@H](C)[C@H](NC(=O)c1ccc(N2CCN(CC)CC2)cc1)C(=O)N1C[C@@H](C(C)C)[C@H]2OCC(=O)[C@H]21. The number of hydrogen-bond acceptors (Lipinski definition) is 6. The summed E-state index contributed by atoms with van der Waals surface area (Å²) in [6, 6.07) is 6.42. The number of likely N-dealkylation sites (N-methyl/N-ethyl adjacent to an activating group) is 1. The molecule has 5 atom stereocenters. The zero-order valence-corrected chi connectivity index (χ0v) is 22.4. The van der Waals surface area contributed by atoms with E-state index in [2.05, 4.69) is 35.9 Å². The van der Waals surface area contributed by atoms with Crippen LogP contribution in [0.15, 0.2) is 24.3 Å². The third kappa shape index (κ3) is 5.30. The van der Waals surface area contributed by atoms with Gasteiger partial charge in [-0.2, -0.15) is 0 Å². The number of ketones is 1. The van der Waals surface area contributed by atoms with Gasteiger partial charge in [0.25, 0.3) is 5.91 Å². The Kier molecular flexibility index (Phi) is 8.35. The summed E-state index contributed by atoms with van der Waals surface area (Å²) in [7, 11) is 0. The second-order valence-electron chi connectivity index (χ2n) is 10.9. The van der Waals surface area contributed by atoms with Crippen molar-refractivity contribution < 1.29 is 19.1 Å². The first kappa shape index (κ1) is 26.6. The fraction of sp³-hybridized carbons (Fsp3) is 0.679. The number of nitrogens with zero attached hydrogens (tertiary/aromatic N) is 3. The molecule has 36 heavy (non-hydrogen) atoms. The number of likely N-dealkylation sites (tertiary alicyclic amines) is 1. The maximum atomic E-state index is 13.8. The number of benzene rings is 1. The molecule has 3 aliphatic rings.